The summed E-state index contributed by atoms with van der Waals surface area (Å²) in [7, 11) is 1.25. The Morgan fingerprint density at radius 2 is 1.88 bits per heavy atom. The quantitative estimate of drug-likeness (QED) is 0.686. The molecule has 1 rings (SSSR count). The number of nitrogens with one attached hydrogen (secondary N) is 1. The number of hydrogen-bond acceptors (Lipinski definition) is 4. The van der Waals surface area contributed by atoms with E-state index in [1.807, 2.05) is 0 Å². The topological polar surface area (TPSA) is 92.7 Å². The van der Waals surface area contributed by atoms with Gasteiger partial charge in [-0.3, -0.25) is 9.59 Å². The number of carboxylic acids is 1. The number of esters is 1. The van der Waals surface area contributed by atoms with Crippen LogP contribution in [-0.4, -0.2) is 36.1 Å². The molecule has 0 heterocycles. The van der Waals surface area contributed by atoms with Crippen LogP contribution in [0.3, 0.4) is 0 Å². The Hall–Kier alpha value is -1.59. The van der Waals surface area contributed by atoms with Crippen LogP contribution in [0.15, 0.2) is 0 Å². The highest BCUT2D eigenvalue weighted by atomic mass is 16.5. The monoisotopic (exact) mass is 243 g/mol. The minimum atomic E-state index is -0.860. The molecule has 0 saturated heterocycles. The second-order valence-corrected chi connectivity index (χ2v) is 4.30. The van der Waals surface area contributed by atoms with Gasteiger partial charge >= 0.3 is 11.9 Å². The normalized spacial score (nSPS) is 25.1. The summed E-state index contributed by atoms with van der Waals surface area (Å²) in [5.74, 6) is -2.40. The van der Waals surface area contributed by atoms with Crippen molar-refractivity contribution in [3.05, 3.63) is 0 Å². The summed E-state index contributed by atoms with van der Waals surface area (Å²) in [5.41, 5.74) is 0. The first-order valence-electron chi connectivity index (χ1n) is 5.56. The second-order valence-electron chi connectivity index (χ2n) is 4.30. The molecule has 1 aliphatic carbocycles. The van der Waals surface area contributed by atoms with Crippen molar-refractivity contribution in [3.8, 4) is 0 Å². The lowest BCUT2D eigenvalue weighted by Crippen LogP contribution is -2.41. The fourth-order valence-corrected chi connectivity index (χ4v) is 2.01. The number of methoxy groups -OCH3 is 1. The van der Waals surface area contributed by atoms with Gasteiger partial charge in [0.05, 0.1) is 13.0 Å². The highest BCUT2D eigenvalue weighted by Gasteiger charge is 2.34. The average Bonchev–Trinajstić information content (AvgIpc) is 2.77. The number of rotatable bonds is 4. The Morgan fingerprint density at radius 1 is 1.29 bits per heavy atom. The number of carbonyl (C=O) groups excluding carboxylic acids is 2. The van der Waals surface area contributed by atoms with Gasteiger partial charge in [0.25, 0.3) is 0 Å². The van der Waals surface area contributed by atoms with Crippen LogP contribution in [0.5, 0.6) is 0 Å². The molecule has 1 aliphatic rings. The molecule has 6 nitrogen and oxygen atoms in total. The Balaban J connectivity index is 2.45. The van der Waals surface area contributed by atoms with Crippen LogP contribution in [0.25, 0.3) is 0 Å². The number of aliphatic carboxylic acids is 1. The maximum absolute atomic E-state index is 11.7. The van der Waals surface area contributed by atoms with Crippen LogP contribution in [0.2, 0.25) is 0 Å². The average molecular weight is 243 g/mol. The maximum atomic E-state index is 11.7. The van der Waals surface area contributed by atoms with Crippen molar-refractivity contribution in [2.24, 2.45) is 11.8 Å². The Morgan fingerprint density at radius 3 is 2.35 bits per heavy atom. The van der Waals surface area contributed by atoms with Crippen molar-refractivity contribution in [3.63, 3.8) is 0 Å². The molecule has 0 spiro atoms. The second kappa shape index (κ2) is 5.65. The van der Waals surface area contributed by atoms with Gasteiger partial charge in [-0.05, 0) is 26.2 Å². The first kappa shape index (κ1) is 13.5. The van der Waals surface area contributed by atoms with Crippen LogP contribution in [0.1, 0.15) is 26.2 Å². The molecule has 0 aromatic rings. The van der Waals surface area contributed by atoms with Gasteiger partial charge in [0.1, 0.15) is 6.04 Å². The van der Waals surface area contributed by atoms with Crippen molar-refractivity contribution < 1.29 is 24.2 Å². The molecule has 0 bridgehead atoms. The minimum absolute atomic E-state index is 0.272. The van der Waals surface area contributed by atoms with Gasteiger partial charge < -0.3 is 15.2 Å². The first-order chi connectivity index (χ1) is 7.95. The van der Waals surface area contributed by atoms with E-state index in [9.17, 15) is 14.4 Å². The van der Waals surface area contributed by atoms with Crippen LogP contribution < -0.4 is 5.32 Å². The molecule has 3 atom stereocenters. The predicted molar refractivity (Wildman–Crippen MR) is 58.1 cm³/mol. The van der Waals surface area contributed by atoms with Crippen molar-refractivity contribution in [2.45, 2.75) is 32.2 Å². The van der Waals surface area contributed by atoms with Gasteiger partial charge in [0, 0.05) is 5.92 Å². The Kier molecular flexibility index (Phi) is 4.48. The van der Waals surface area contributed by atoms with E-state index in [2.05, 4.69) is 10.1 Å². The molecule has 1 amide bonds. The molecule has 96 valence electrons. The number of amides is 1. The van der Waals surface area contributed by atoms with Crippen molar-refractivity contribution in [1.82, 2.24) is 5.32 Å². The van der Waals surface area contributed by atoms with Gasteiger partial charge in [0.2, 0.25) is 5.91 Å². The Bertz CT molecular complexity index is 328. The summed E-state index contributed by atoms with van der Waals surface area (Å²) in [6.45, 7) is 1.54. The van der Waals surface area contributed by atoms with Crippen molar-refractivity contribution in [1.29, 1.82) is 0 Å². The van der Waals surface area contributed by atoms with Crippen LogP contribution in [0, 0.1) is 11.8 Å². The zero-order chi connectivity index (χ0) is 13.0. The number of carbonyl (C=O) groups is 3. The minimum Gasteiger partial charge on any atom is -0.481 e. The van der Waals surface area contributed by atoms with Crippen LogP contribution >= 0.6 is 0 Å². The van der Waals surface area contributed by atoms with Gasteiger partial charge in [-0.25, -0.2) is 4.79 Å². The van der Waals surface area contributed by atoms with E-state index in [0.29, 0.717) is 19.3 Å². The van der Waals surface area contributed by atoms with E-state index in [1.165, 1.54) is 14.0 Å². The zero-order valence-electron chi connectivity index (χ0n) is 9.93. The van der Waals surface area contributed by atoms with Gasteiger partial charge in [-0.2, -0.15) is 0 Å². The summed E-state index contributed by atoms with van der Waals surface area (Å²) in [6.07, 6.45) is 1.41. The fraction of sp³-hybridized carbons (Fsp3) is 0.727. The van der Waals surface area contributed by atoms with Crippen LogP contribution in [0.4, 0.5) is 0 Å². The maximum Gasteiger partial charge on any atom is 0.328 e. The highest BCUT2D eigenvalue weighted by molar-refractivity contribution is 5.86. The molecule has 0 radical (unpaired) electrons. The molecule has 3 unspecified atom stereocenters. The van der Waals surface area contributed by atoms with E-state index in [0.717, 1.165) is 0 Å². The predicted octanol–water partition coefficient (Wildman–Crippen LogP) is 0.165. The van der Waals surface area contributed by atoms with Crippen molar-refractivity contribution in [2.75, 3.05) is 7.11 Å². The van der Waals surface area contributed by atoms with Gasteiger partial charge in [-0.15, -0.1) is 0 Å². The molecule has 0 aromatic carbocycles. The summed E-state index contributed by atoms with van der Waals surface area (Å²) < 4.78 is 4.49. The number of hydrogen-bond donors (Lipinski definition) is 2. The molecule has 6 heteroatoms. The molecule has 0 aromatic heterocycles. The number of ether oxygens (including phenoxy) is 1. The first-order valence-corrected chi connectivity index (χ1v) is 5.56. The number of carboxylic acid groups (broad SMARTS) is 1. The lowest BCUT2D eigenvalue weighted by atomic mass is 10.0. The molecule has 0 aliphatic heterocycles. The SMILES string of the molecule is COC(=O)C(C)NC(=O)C1CCC(C(=O)O)C1. The van der Waals surface area contributed by atoms with Gasteiger partial charge in [0.15, 0.2) is 0 Å². The fourth-order valence-electron chi connectivity index (χ4n) is 2.01. The largest absolute Gasteiger partial charge is 0.481 e. The van der Waals surface area contributed by atoms with Gasteiger partial charge in [-0.1, -0.05) is 0 Å². The summed E-state index contributed by atoms with van der Waals surface area (Å²) in [5, 5.41) is 11.3. The van der Waals surface area contributed by atoms with E-state index < -0.39 is 23.9 Å². The smallest absolute Gasteiger partial charge is 0.328 e. The third kappa shape index (κ3) is 3.44. The zero-order valence-corrected chi connectivity index (χ0v) is 9.93. The Labute approximate surface area is 99.3 Å². The molecule has 17 heavy (non-hydrogen) atoms. The van der Waals surface area contributed by atoms with E-state index in [1.54, 1.807) is 0 Å². The third-order valence-electron chi connectivity index (χ3n) is 3.07. The molecule has 2 N–H and O–H groups in total. The summed E-state index contributed by atoms with van der Waals surface area (Å²) in [4.78, 5) is 33.6. The summed E-state index contributed by atoms with van der Waals surface area (Å²) >= 11 is 0. The molecular formula is C11H17NO5. The third-order valence-corrected chi connectivity index (χ3v) is 3.07. The lowest BCUT2D eigenvalue weighted by Gasteiger charge is -2.15. The molecular weight excluding hydrogens is 226 g/mol. The van der Waals surface area contributed by atoms with Crippen molar-refractivity contribution >= 4 is 17.8 Å². The van der Waals surface area contributed by atoms with E-state index in [-0.39, 0.29) is 11.8 Å². The van der Waals surface area contributed by atoms with E-state index in [4.69, 9.17) is 5.11 Å². The standard InChI is InChI=1S/C11H17NO5/c1-6(11(16)17-2)12-9(13)7-3-4-8(5-7)10(14)15/h6-8H,3-5H2,1-2H3,(H,12,13)(H,14,15). The highest BCUT2D eigenvalue weighted by Crippen LogP contribution is 2.31. The van der Waals surface area contributed by atoms with E-state index >= 15 is 0 Å². The molecule has 1 saturated carbocycles. The molecule has 1 fully saturated rings. The summed E-state index contributed by atoms with van der Waals surface area (Å²) in [6, 6.07) is -0.698. The lowest BCUT2D eigenvalue weighted by molar-refractivity contribution is -0.145. The van der Waals surface area contributed by atoms with Crippen LogP contribution in [-0.2, 0) is 19.1 Å².